The maximum atomic E-state index is 10.2. The van der Waals surface area contributed by atoms with Crippen LogP contribution >= 0.6 is 0 Å². The molecule has 1 aliphatic heterocycles. The summed E-state index contributed by atoms with van der Waals surface area (Å²) in [7, 11) is 0. The molecule has 1 aromatic carbocycles. The quantitative estimate of drug-likeness (QED) is 0.881. The van der Waals surface area contributed by atoms with Gasteiger partial charge in [0, 0.05) is 6.42 Å². The maximum Gasteiger partial charge on any atom is 0.122 e. The lowest BCUT2D eigenvalue weighted by atomic mass is 9.78. The summed E-state index contributed by atoms with van der Waals surface area (Å²) < 4.78 is 5.52. The normalized spacial score (nSPS) is 17.4. The minimum Gasteiger partial charge on any atom is -0.493 e. The number of rotatable bonds is 5. The molecular formula is C18H28O2. The van der Waals surface area contributed by atoms with Gasteiger partial charge in [-0.2, -0.15) is 0 Å². The highest BCUT2D eigenvalue weighted by atomic mass is 16.5. The summed E-state index contributed by atoms with van der Waals surface area (Å²) >= 11 is 0. The Hall–Kier alpha value is -1.02. The Morgan fingerprint density at radius 1 is 1.30 bits per heavy atom. The Balaban J connectivity index is 1.83. The van der Waals surface area contributed by atoms with Crippen molar-refractivity contribution in [3.63, 3.8) is 0 Å². The summed E-state index contributed by atoms with van der Waals surface area (Å²) in [4.78, 5) is 0. The average Bonchev–Trinajstić information content (AvgIpc) is 2.82. The van der Waals surface area contributed by atoms with Gasteiger partial charge in [0.25, 0.3) is 0 Å². The van der Waals surface area contributed by atoms with Gasteiger partial charge in [0.05, 0.1) is 12.7 Å². The van der Waals surface area contributed by atoms with Gasteiger partial charge >= 0.3 is 0 Å². The molecule has 1 N–H and O–H groups in total. The molecule has 0 aliphatic carbocycles. The zero-order chi connectivity index (χ0) is 14.8. The Morgan fingerprint density at radius 3 is 2.75 bits per heavy atom. The fraction of sp³-hybridized carbons (Fsp3) is 0.667. The second-order valence-corrected chi connectivity index (χ2v) is 7.24. The standard InChI is InChI=1S/C18H28O2/c1-13(18(2,3)4)11-16(19)7-5-14-6-8-17-15(12-14)9-10-20-17/h6,8,12-13,16,19H,5,7,9-11H2,1-4H3. The predicted molar refractivity (Wildman–Crippen MR) is 83.2 cm³/mol. The number of hydrogen-bond acceptors (Lipinski definition) is 2. The van der Waals surface area contributed by atoms with Gasteiger partial charge in [0.15, 0.2) is 0 Å². The molecule has 2 nitrogen and oxygen atoms in total. The SMILES string of the molecule is CC(CC(O)CCc1ccc2c(c1)CCO2)C(C)(C)C. The van der Waals surface area contributed by atoms with Gasteiger partial charge in [-0.05, 0) is 47.8 Å². The van der Waals surface area contributed by atoms with E-state index in [1.807, 2.05) is 0 Å². The first kappa shape index (κ1) is 15.4. The highest BCUT2D eigenvalue weighted by Crippen LogP contribution is 2.30. The lowest BCUT2D eigenvalue weighted by Gasteiger charge is -2.29. The van der Waals surface area contributed by atoms with Crippen molar-refractivity contribution in [2.75, 3.05) is 6.61 Å². The molecule has 0 saturated carbocycles. The van der Waals surface area contributed by atoms with Crippen LogP contribution in [0.2, 0.25) is 0 Å². The van der Waals surface area contributed by atoms with Crippen molar-refractivity contribution in [3.8, 4) is 5.75 Å². The molecule has 20 heavy (non-hydrogen) atoms. The van der Waals surface area contributed by atoms with E-state index in [0.29, 0.717) is 5.92 Å². The number of benzene rings is 1. The van der Waals surface area contributed by atoms with E-state index < -0.39 is 0 Å². The molecule has 1 aromatic rings. The van der Waals surface area contributed by atoms with E-state index in [1.165, 1.54) is 11.1 Å². The van der Waals surface area contributed by atoms with Crippen molar-refractivity contribution in [1.82, 2.24) is 0 Å². The third kappa shape index (κ3) is 3.99. The van der Waals surface area contributed by atoms with E-state index in [2.05, 4.69) is 45.9 Å². The second kappa shape index (κ2) is 6.17. The van der Waals surface area contributed by atoms with Gasteiger partial charge in [-0.25, -0.2) is 0 Å². The molecular weight excluding hydrogens is 248 g/mol. The molecule has 112 valence electrons. The minimum absolute atomic E-state index is 0.200. The van der Waals surface area contributed by atoms with Gasteiger partial charge in [0.1, 0.15) is 5.75 Å². The first-order valence-corrected chi connectivity index (χ1v) is 7.79. The lowest BCUT2D eigenvalue weighted by Crippen LogP contribution is -2.23. The average molecular weight is 276 g/mol. The number of ether oxygens (including phenoxy) is 1. The monoisotopic (exact) mass is 276 g/mol. The smallest absolute Gasteiger partial charge is 0.122 e. The zero-order valence-corrected chi connectivity index (χ0v) is 13.3. The molecule has 0 spiro atoms. The van der Waals surface area contributed by atoms with Crippen molar-refractivity contribution in [2.45, 2.75) is 59.5 Å². The van der Waals surface area contributed by atoms with Gasteiger partial charge in [-0.15, -0.1) is 0 Å². The zero-order valence-electron chi connectivity index (χ0n) is 13.3. The van der Waals surface area contributed by atoms with Crippen LogP contribution in [0.5, 0.6) is 5.75 Å². The van der Waals surface area contributed by atoms with Crippen LogP contribution in [0.15, 0.2) is 18.2 Å². The molecule has 0 fully saturated rings. The third-order valence-corrected chi connectivity index (χ3v) is 4.62. The first-order valence-electron chi connectivity index (χ1n) is 7.79. The Labute approximate surface area is 123 Å². The first-order chi connectivity index (χ1) is 9.36. The predicted octanol–water partition coefficient (Wildman–Crippen LogP) is 3.99. The number of aryl methyl sites for hydroxylation is 1. The molecule has 2 atom stereocenters. The molecule has 1 heterocycles. The molecule has 0 bridgehead atoms. The minimum atomic E-state index is -0.200. The fourth-order valence-corrected chi connectivity index (χ4v) is 2.61. The fourth-order valence-electron chi connectivity index (χ4n) is 2.61. The molecule has 0 aromatic heterocycles. The van der Waals surface area contributed by atoms with Crippen molar-refractivity contribution >= 4 is 0 Å². The van der Waals surface area contributed by atoms with Crippen LogP contribution in [0, 0.1) is 11.3 Å². The highest BCUT2D eigenvalue weighted by molar-refractivity contribution is 5.39. The Kier molecular flexibility index (Phi) is 4.74. The van der Waals surface area contributed by atoms with Crippen molar-refractivity contribution < 1.29 is 9.84 Å². The highest BCUT2D eigenvalue weighted by Gasteiger charge is 2.22. The van der Waals surface area contributed by atoms with Crippen molar-refractivity contribution in [2.24, 2.45) is 11.3 Å². The molecule has 0 saturated heterocycles. The topological polar surface area (TPSA) is 29.5 Å². The van der Waals surface area contributed by atoms with Gasteiger partial charge in [-0.3, -0.25) is 0 Å². The van der Waals surface area contributed by atoms with E-state index in [4.69, 9.17) is 4.74 Å². The third-order valence-electron chi connectivity index (χ3n) is 4.62. The Bertz CT molecular complexity index is 445. The van der Waals surface area contributed by atoms with Gasteiger partial charge in [0.2, 0.25) is 0 Å². The number of hydrogen-bond donors (Lipinski definition) is 1. The van der Waals surface area contributed by atoms with Gasteiger partial charge < -0.3 is 9.84 Å². The number of aliphatic hydroxyl groups is 1. The van der Waals surface area contributed by atoms with Crippen LogP contribution in [-0.4, -0.2) is 17.8 Å². The van der Waals surface area contributed by atoms with Crippen LogP contribution in [-0.2, 0) is 12.8 Å². The van der Waals surface area contributed by atoms with Crippen LogP contribution in [0.3, 0.4) is 0 Å². The van der Waals surface area contributed by atoms with E-state index in [-0.39, 0.29) is 11.5 Å². The lowest BCUT2D eigenvalue weighted by molar-refractivity contribution is 0.103. The largest absolute Gasteiger partial charge is 0.493 e. The molecule has 1 aliphatic rings. The molecule has 0 radical (unpaired) electrons. The summed E-state index contributed by atoms with van der Waals surface area (Å²) in [6, 6.07) is 6.44. The van der Waals surface area contributed by atoms with Crippen molar-refractivity contribution in [1.29, 1.82) is 0 Å². The molecule has 0 amide bonds. The maximum absolute atomic E-state index is 10.2. The summed E-state index contributed by atoms with van der Waals surface area (Å²) in [5, 5.41) is 10.2. The molecule has 2 rings (SSSR count). The number of aliphatic hydroxyl groups excluding tert-OH is 1. The molecule has 2 unspecified atom stereocenters. The summed E-state index contributed by atoms with van der Waals surface area (Å²) in [6.45, 7) is 9.76. The van der Waals surface area contributed by atoms with Crippen LogP contribution in [0.25, 0.3) is 0 Å². The van der Waals surface area contributed by atoms with E-state index in [0.717, 1.165) is 38.0 Å². The second-order valence-electron chi connectivity index (χ2n) is 7.24. The Morgan fingerprint density at radius 2 is 2.05 bits per heavy atom. The van der Waals surface area contributed by atoms with Crippen LogP contribution < -0.4 is 4.74 Å². The summed E-state index contributed by atoms with van der Waals surface area (Å²) in [5.74, 6) is 1.57. The summed E-state index contributed by atoms with van der Waals surface area (Å²) in [5.41, 5.74) is 2.91. The van der Waals surface area contributed by atoms with E-state index in [1.54, 1.807) is 0 Å². The summed E-state index contributed by atoms with van der Waals surface area (Å²) in [6.07, 6.45) is 3.50. The van der Waals surface area contributed by atoms with Crippen LogP contribution in [0.1, 0.15) is 51.7 Å². The molecule has 2 heteroatoms. The van der Waals surface area contributed by atoms with Crippen molar-refractivity contribution in [3.05, 3.63) is 29.3 Å². The van der Waals surface area contributed by atoms with Crippen LogP contribution in [0.4, 0.5) is 0 Å². The van der Waals surface area contributed by atoms with E-state index in [9.17, 15) is 5.11 Å². The number of fused-ring (bicyclic) bond motifs is 1. The van der Waals surface area contributed by atoms with Gasteiger partial charge in [-0.1, -0.05) is 39.8 Å². The van der Waals surface area contributed by atoms with E-state index >= 15 is 0 Å².